The van der Waals surface area contributed by atoms with E-state index in [1.165, 1.54) is 44.1 Å². The SMILES string of the molecule is CCCCOc1ccc(C(CCC2CC2)NCCC)cc1. The molecule has 1 saturated carbocycles. The van der Waals surface area contributed by atoms with Gasteiger partial charge in [0.1, 0.15) is 5.75 Å². The minimum Gasteiger partial charge on any atom is -0.494 e. The van der Waals surface area contributed by atoms with Crippen molar-refractivity contribution < 1.29 is 4.74 Å². The predicted octanol–water partition coefficient (Wildman–Crippen LogP) is 5.10. The van der Waals surface area contributed by atoms with Gasteiger partial charge in [-0.15, -0.1) is 0 Å². The van der Waals surface area contributed by atoms with Crippen LogP contribution in [0.5, 0.6) is 5.75 Å². The van der Waals surface area contributed by atoms with Gasteiger partial charge in [-0.25, -0.2) is 0 Å². The summed E-state index contributed by atoms with van der Waals surface area (Å²) in [7, 11) is 0. The number of rotatable bonds is 11. The monoisotopic (exact) mass is 289 g/mol. The van der Waals surface area contributed by atoms with E-state index in [-0.39, 0.29) is 0 Å². The molecule has 1 aliphatic rings. The van der Waals surface area contributed by atoms with E-state index in [9.17, 15) is 0 Å². The lowest BCUT2D eigenvalue weighted by molar-refractivity contribution is 0.309. The molecule has 0 amide bonds. The van der Waals surface area contributed by atoms with Gasteiger partial charge in [0, 0.05) is 6.04 Å². The van der Waals surface area contributed by atoms with Crippen LogP contribution in [0.1, 0.15) is 70.4 Å². The van der Waals surface area contributed by atoms with Crippen LogP contribution in [0.25, 0.3) is 0 Å². The summed E-state index contributed by atoms with van der Waals surface area (Å²) in [6.45, 7) is 6.35. The number of nitrogens with one attached hydrogen (secondary N) is 1. The highest BCUT2D eigenvalue weighted by Crippen LogP contribution is 2.36. The Balaban J connectivity index is 1.87. The van der Waals surface area contributed by atoms with E-state index in [2.05, 4.69) is 43.4 Å². The molecule has 2 rings (SSSR count). The second-order valence-corrected chi connectivity index (χ2v) is 6.30. The maximum absolute atomic E-state index is 5.75. The summed E-state index contributed by atoms with van der Waals surface area (Å²) in [5.74, 6) is 2.01. The Bertz CT molecular complexity index is 383. The molecule has 0 spiro atoms. The molecular formula is C19H31NO. The standard InChI is InChI=1S/C19H31NO/c1-3-5-15-21-18-11-9-17(10-12-18)19(20-14-4-2)13-8-16-6-7-16/h9-12,16,19-20H,3-8,13-15H2,1-2H3. The van der Waals surface area contributed by atoms with Gasteiger partial charge in [-0.2, -0.15) is 0 Å². The van der Waals surface area contributed by atoms with Gasteiger partial charge in [-0.3, -0.25) is 0 Å². The normalized spacial score (nSPS) is 15.9. The molecule has 1 aromatic carbocycles. The third-order valence-corrected chi connectivity index (χ3v) is 4.25. The van der Waals surface area contributed by atoms with Gasteiger partial charge in [0.15, 0.2) is 0 Å². The van der Waals surface area contributed by atoms with Crippen LogP contribution in [0.4, 0.5) is 0 Å². The quantitative estimate of drug-likeness (QED) is 0.572. The van der Waals surface area contributed by atoms with Crippen LogP contribution in [-0.4, -0.2) is 13.2 Å². The van der Waals surface area contributed by atoms with Crippen molar-refractivity contribution >= 4 is 0 Å². The Morgan fingerprint density at radius 2 is 1.90 bits per heavy atom. The molecule has 0 heterocycles. The number of unbranched alkanes of at least 4 members (excludes halogenated alkanes) is 1. The Hall–Kier alpha value is -1.02. The van der Waals surface area contributed by atoms with Crippen LogP contribution >= 0.6 is 0 Å². The number of hydrogen-bond donors (Lipinski definition) is 1. The molecule has 0 radical (unpaired) electrons. The van der Waals surface area contributed by atoms with Crippen LogP contribution in [0.3, 0.4) is 0 Å². The van der Waals surface area contributed by atoms with Crippen molar-refractivity contribution in [1.82, 2.24) is 5.32 Å². The zero-order valence-electron chi connectivity index (χ0n) is 13.7. The average Bonchev–Trinajstić information content (AvgIpc) is 3.33. The summed E-state index contributed by atoms with van der Waals surface area (Å²) in [5.41, 5.74) is 1.41. The van der Waals surface area contributed by atoms with Crippen molar-refractivity contribution in [2.75, 3.05) is 13.2 Å². The highest BCUT2D eigenvalue weighted by molar-refractivity contribution is 5.29. The highest BCUT2D eigenvalue weighted by atomic mass is 16.5. The molecule has 1 fully saturated rings. The van der Waals surface area contributed by atoms with E-state index >= 15 is 0 Å². The second-order valence-electron chi connectivity index (χ2n) is 6.30. The lowest BCUT2D eigenvalue weighted by Gasteiger charge is -2.19. The summed E-state index contributed by atoms with van der Waals surface area (Å²) in [6.07, 6.45) is 9.04. The molecule has 1 atom stereocenters. The zero-order chi connectivity index (χ0) is 14.9. The Labute approximate surface area is 130 Å². The molecule has 1 unspecified atom stereocenters. The molecule has 0 aliphatic heterocycles. The topological polar surface area (TPSA) is 21.3 Å². The van der Waals surface area contributed by atoms with Crippen molar-refractivity contribution in [1.29, 1.82) is 0 Å². The fourth-order valence-corrected chi connectivity index (χ4v) is 2.64. The first-order valence-electron chi connectivity index (χ1n) is 8.79. The zero-order valence-corrected chi connectivity index (χ0v) is 13.7. The van der Waals surface area contributed by atoms with Crippen molar-refractivity contribution in [3.05, 3.63) is 29.8 Å². The van der Waals surface area contributed by atoms with Crippen molar-refractivity contribution in [3.63, 3.8) is 0 Å². The van der Waals surface area contributed by atoms with Crippen LogP contribution < -0.4 is 10.1 Å². The van der Waals surface area contributed by atoms with Crippen LogP contribution in [0.15, 0.2) is 24.3 Å². The molecule has 118 valence electrons. The first kappa shape index (κ1) is 16.4. The molecule has 1 aliphatic carbocycles. The van der Waals surface area contributed by atoms with Gasteiger partial charge in [0.2, 0.25) is 0 Å². The highest BCUT2D eigenvalue weighted by Gasteiger charge is 2.22. The van der Waals surface area contributed by atoms with Crippen LogP contribution in [-0.2, 0) is 0 Å². The third-order valence-electron chi connectivity index (χ3n) is 4.25. The summed E-state index contributed by atoms with van der Waals surface area (Å²) >= 11 is 0. The van der Waals surface area contributed by atoms with E-state index in [4.69, 9.17) is 4.74 Å². The lowest BCUT2D eigenvalue weighted by Crippen LogP contribution is -2.22. The number of benzene rings is 1. The Morgan fingerprint density at radius 1 is 1.14 bits per heavy atom. The minimum absolute atomic E-state index is 0.509. The molecule has 2 nitrogen and oxygen atoms in total. The van der Waals surface area contributed by atoms with Gasteiger partial charge in [-0.05, 0) is 55.8 Å². The number of ether oxygens (including phenoxy) is 1. The lowest BCUT2D eigenvalue weighted by atomic mass is 10.00. The summed E-state index contributed by atoms with van der Waals surface area (Å²) < 4.78 is 5.75. The van der Waals surface area contributed by atoms with Gasteiger partial charge >= 0.3 is 0 Å². The van der Waals surface area contributed by atoms with Crippen molar-refractivity contribution in [2.45, 2.75) is 64.8 Å². The molecule has 0 bridgehead atoms. The Kier molecular flexibility index (Phi) is 7.08. The molecule has 0 aromatic heterocycles. The number of hydrogen-bond acceptors (Lipinski definition) is 2. The largest absolute Gasteiger partial charge is 0.494 e. The van der Waals surface area contributed by atoms with Gasteiger partial charge in [0.05, 0.1) is 6.61 Å². The molecule has 2 heteroatoms. The van der Waals surface area contributed by atoms with E-state index in [1.54, 1.807) is 0 Å². The third kappa shape index (κ3) is 6.09. The summed E-state index contributed by atoms with van der Waals surface area (Å²) in [5, 5.41) is 3.70. The summed E-state index contributed by atoms with van der Waals surface area (Å²) in [4.78, 5) is 0. The molecular weight excluding hydrogens is 258 g/mol. The maximum atomic E-state index is 5.75. The fraction of sp³-hybridized carbons (Fsp3) is 0.684. The molecule has 0 saturated heterocycles. The fourth-order valence-electron chi connectivity index (χ4n) is 2.64. The Morgan fingerprint density at radius 3 is 2.52 bits per heavy atom. The first-order chi connectivity index (χ1) is 10.3. The predicted molar refractivity (Wildman–Crippen MR) is 89.8 cm³/mol. The van der Waals surface area contributed by atoms with Gasteiger partial charge in [0.25, 0.3) is 0 Å². The van der Waals surface area contributed by atoms with E-state index < -0.39 is 0 Å². The smallest absolute Gasteiger partial charge is 0.119 e. The van der Waals surface area contributed by atoms with E-state index in [0.717, 1.165) is 31.2 Å². The second kappa shape index (κ2) is 9.09. The van der Waals surface area contributed by atoms with Gasteiger partial charge in [-0.1, -0.05) is 45.2 Å². The van der Waals surface area contributed by atoms with Crippen LogP contribution in [0.2, 0.25) is 0 Å². The molecule has 1 N–H and O–H groups in total. The maximum Gasteiger partial charge on any atom is 0.119 e. The van der Waals surface area contributed by atoms with Crippen LogP contribution in [0, 0.1) is 5.92 Å². The summed E-state index contributed by atoms with van der Waals surface area (Å²) in [6, 6.07) is 9.24. The molecule has 21 heavy (non-hydrogen) atoms. The van der Waals surface area contributed by atoms with Crippen molar-refractivity contribution in [3.8, 4) is 5.75 Å². The van der Waals surface area contributed by atoms with Gasteiger partial charge < -0.3 is 10.1 Å². The average molecular weight is 289 g/mol. The van der Waals surface area contributed by atoms with E-state index in [1.807, 2.05) is 0 Å². The van der Waals surface area contributed by atoms with Crippen molar-refractivity contribution in [2.24, 2.45) is 5.92 Å². The van der Waals surface area contributed by atoms with E-state index in [0.29, 0.717) is 6.04 Å². The first-order valence-corrected chi connectivity index (χ1v) is 8.79. The molecule has 1 aromatic rings. The minimum atomic E-state index is 0.509.